The van der Waals surface area contributed by atoms with E-state index in [4.69, 9.17) is 19.5 Å². The van der Waals surface area contributed by atoms with Gasteiger partial charge < -0.3 is 61.1 Å². The third kappa shape index (κ3) is 20.7. The van der Waals surface area contributed by atoms with Gasteiger partial charge in [-0.3, -0.25) is 37.3 Å². The van der Waals surface area contributed by atoms with E-state index in [9.17, 15) is 72.9 Å². The van der Waals surface area contributed by atoms with E-state index in [2.05, 4.69) is 34.4 Å². The van der Waals surface area contributed by atoms with Crippen molar-refractivity contribution in [3.8, 4) is 0 Å². The number of phosphoric ester groups is 3. The Hall–Kier alpha value is -3.01. The molecule has 0 radical (unpaired) electrons. The third-order valence-corrected chi connectivity index (χ3v) is 15.9. The number of nitrogens with zero attached hydrogens (tertiary/aromatic N) is 4. The van der Waals surface area contributed by atoms with Crippen molar-refractivity contribution < 1.29 is 95.5 Å². The molecule has 2 aromatic heterocycles. The van der Waals surface area contributed by atoms with Crippen molar-refractivity contribution in [3.63, 3.8) is 0 Å². The highest BCUT2D eigenvalue weighted by molar-refractivity contribution is 8.13. The SMILES string of the molecule is CC(C)(CCCCCC(O)CCCCCC(C)(C)C(=O)SCCNC(=O)CCNC(=O)[C@H](O)C(C)(C)COP(=O)(O)OP(=O)(O)OC[C@H]1O[C@@H](n2cnc3c(N)ncnc32)[C@H](O)[C@@H]1OP(=O)(O)O)C(=O)O. The number of carboxylic acids is 1. The van der Waals surface area contributed by atoms with Gasteiger partial charge in [-0.05, 0) is 39.5 Å². The van der Waals surface area contributed by atoms with Crippen LogP contribution in [-0.4, -0.2) is 145 Å². The maximum absolute atomic E-state index is 12.9. The number of nitrogens with one attached hydrogen (secondary N) is 2. The van der Waals surface area contributed by atoms with Crippen molar-refractivity contribution in [2.24, 2.45) is 16.2 Å². The lowest BCUT2D eigenvalue weighted by molar-refractivity contribution is -0.147. The van der Waals surface area contributed by atoms with Crippen LogP contribution in [0.15, 0.2) is 12.7 Å². The molecule has 31 heteroatoms. The number of fused-ring (bicyclic) bond motifs is 1. The van der Waals surface area contributed by atoms with Crippen LogP contribution >= 0.6 is 35.2 Å². The van der Waals surface area contributed by atoms with Crippen LogP contribution in [0.2, 0.25) is 0 Å². The minimum absolute atomic E-state index is 0.0226. The van der Waals surface area contributed by atoms with Crippen molar-refractivity contribution in [1.29, 1.82) is 0 Å². The molecule has 0 aliphatic carbocycles. The summed E-state index contributed by atoms with van der Waals surface area (Å²) in [6, 6.07) is 0. The first-order valence-electron chi connectivity index (χ1n) is 22.8. The average molecular weight is 1090 g/mol. The number of ether oxygens (including phenoxy) is 1. The second-order valence-corrected chi connectivity index (χ2v) is 24.4. The maximum Gasteiger partial charge on any atom is 0.481 e. The highest BCUT2D eigenvalue weighted by Crippen LogP contribution is 2.61. The van der Waals surface area contributed by atoms with Gasteiger partial charge in [0.15, 0.2) is 22.8 Å². The summed E-state index contributed by atoms with van der Waals surface area (Å²) in [4.78, 5) is 100. The number of aliphatic carboxylic acids is 1. The summed E-state index contributed by atoms with van der Waals surface area (Å²) in [5.41, 5.74) is 2.88. The number of nitrogens with two attached hydrogens (primary N) is 1. The van der Waals surface area contributed by atoms with E-state index in [-0.39, 0.29) is 41.6 Å². The Morgan fingerprint density at radius 1 is 0.859 bits per heavy atom. The number of aliphatic hydroxyl groups is 3. The van der Waals surface area contributed by atoms with Crippen molar-refractivity contribution in [3.05, 3.63) is 12.7 Å². The average Bonchev–Trinajstić information content (AvgIpc) is 3.82. The number of carboxylic acid groups (broad SMARTS) is 1. The zero-order chi connectivity index (χ0) is 53.6. The molecule has 2 amide bonds. The molecule has 0 spiro atoms. The Morgan fingerprint density at radius 2 is 1.46 bits per heavy atom. The molecule has 1 aliphatic heterocycles. The maximum atomic E-state index is 12.9. The number of unbranched alkanes of at least 4 members (excludes halogenated alkanes) is 4. The summed E-state index contributed by atoms with van der Waals surface area (Å²) in [6.45, 7) is 7.52. The number of thioether (sulfide) groups is 1. The molecule has 71 heavy (non-hydrogen) atoms. The quantitative estimate of drug-likeness (QED) is 0.0361. The highest BCUT2D eigenvalue weighted by Gasteiger charge is 2.50. The van der Waals surface area contributed by atoms with Gasteiger partial charge in [-0.25, -0.2) is 28.6 Å². The summed E-state index contributed by atoms with van der Waals surface area (Å²) in [6.07, 6.45) is 0.0849. The molecule has 3 rings (SSSR count). The number of aromatic nitrogens is 4. The minimum Gasteiger partial charge on any atom is -0.481 e. The fourth-order valence-electron chi connectivity index (χ4n) is 7.07. The zero-order valence-electron chi connectivity index (χ0n) is 40.5. The standard InChI is InChI=1S/C40H70N7O20P3S/c1-38(2,36(53)54)16-11-7-9-13-25(48)14-10-8-12-17-39(3,4)37(55)71-20-19-42-27(49)15-18-43-34(52)31(51)40(5,6)22-64-70(61,62)67-69(59,60)63-21-26-30(66-68(56,57)58)29(50)35(65-26)47-24-46-28-32(41)44-23-45-33(28)47/h23-26,29-31,35,48,50-51H,7-22H2,1-6H3,(H,42,49)(H,43,52)(H,53,54)(H,59,60)(H,61,62)(H2,41,44,45)(H2,56,57,58)/t25?,26-,29-,30-,31+,35-/m1/s1. The molecule has 406 valence electrons. The lowest BCUT2D eigenvalue weighted by atomic mass is 9.87. The van der Waals surface area contributed by atoms with Gasteiger partial charge in [-0.15, -0.1) is 0 Å². The molecule has 3 unspecified atom stereocenters. The molecule has 12 N–H and O–H groups in total. The summed E-state index contributed by atoms with van der Waals surface area (Å²) in [7, 11) is -16.5. The highest BCUT2D eigenvalue weighted by atomic mass is 32.2. The predicted octanol–water partition coefficient (Wildman–Crippen LogP) is 3.06. The Bertz CT molecular complexity index is 2250. The van der Waals surface area contributed by atoms with Crippen LogP contribution < -0.4 is 16.4 Å². The Balaban J connectivity index is 1.34. The molecule has 27 nitrogen and oxygen atoms in total. The van der Waals surface area contributed by atoms with Crippen LogP contribution in [0, 0.1) is 16.2 Å². The van der Waals surface area contributed by atoms with Crippen LogP contribution in [0.1, 0.15) is 118 Å². The van der Waals surface area contributed by atoms with E-state index in [0.717, 1.165) is 67.5 Å². The van der Waals surface area contributed by atoms with Gasteiger partial charge in [-0.1, -0.05) is 78.0 Å². The van der Waals surface area contributed by atoms with Crippen LogP contribution in [-0.2, 0) is 55.5 Å². The summed E-state index contributed by atoms with van der Waals surface area (Å²) in [5, 5.41) is 46.1. The van der Waals surface area contributed by atoms with Crippen LogP contribution in [0.5, 0.6) is 0 Å². The topological polar surface area (TPSA) is 421 Å². The first kappa shape index (κ1) is 62.3. The molecule has 3 heterocycles. The number of carbonyl (C=O) groups excluding carboxylic acids is 3. The fourth-order valence-corrected chi connectivity index (χ4v) is 10.8. The van der Waals surface area contributed by atoms with Crippen LogP contribution in [0.4, 0.5) is 5.82 Å². The van der Waals surface area contributed by atoms with Crippen molar-refractivity contribution in [2.75, 3.05) is 37.8 Å². The summed E-state index contributed by atoms with van der Waals surface area (Å²) in [5.74, 6) is -2.01. The molecular weight excluding hydrogens is 1020 g/mol. The number of phosphoric acid groups is 3. The van der Waals surface area contributed by atoms with Crippen LogP contribution in [0.25, 0.3) is 11.2 Å². The normalized spacial score (nSPS) is 20.5. The molecule has 8 atom stereocenters. The van der Waals surface area contributed by atoms with Gasteiger partial charge in [0.25, 0.3) is 0 Å². The van der Waals surface area contributed by atoms with Gasteiger partial charge in [0.05, 0.1) is 31.1 Å². The largest absolute Gasteiger partial charge is 0.481 e. The number of aliphatic hydroxyl groups excluding tert-OH is 3. The van der Waals surface area contributed by atoms with E-state index in [1.54, 1.807) is 13.8 Å². The number of imidazole rings is 1. The van der Waals surface area contributed by atoms with Gasteiger partial charge >= 0.3 is 29.4 Å². The molecule has 2 aromatic rings. The van der Waals surface area contributed by atoms with E-state index in [1.165, 1.54) is 13.8 Å². The van der Waals surface area contributed by atoms with Gasteiger partial charge in [-0.2, -0.15) is 4.31 Å². The number of hydrogen-bond acceptors (Lipinski definition) is 20. The zero-order valence-corrected chi connectivity index (χ0v) is 44.0. The predicted molar refractivity (Wildman–Crippen MR) is 254 cm³/mol. The first-order valence-corrected chi connectivity index (χ1v) is 28.3. The van der Waals surface area contributed by atoms with E-state index >= 15 is 0 Å². The van der Waals surface area contributed by atoms with E-state index in [1.807, 2.05) is 13.8 Å². The molecule has 0 bridgehead atoms. The van der Waals surface area contributed by atoms with Gasteiger partial charge in [0.2, 0.25) is 11.8 Å². The smallest absolute Gasteiger partial charge is 0.481 e. The number of amides is 2. The first-order chi connectivity index (χ1) is 32.8. The molecule has 0 aromatic carbocycles. The minimum atomic E-state index is -5.60. The molecule has 1 fully saturated rings. The fraction of sp³-hybridized carbons (Fsp3) is 0.775. The molecule has 0 saturated carbocycles. The van der Waals surface area contributed by atoms with Crippen molar-refractivity contribution in [1.82, 2.24) is 30.2 Å². The Kier molecular flexibility index (Phi) is 23.7. The summed E-state index contributed by atoms with van der Waals surface area (Å²) >= 11 is 1.09. The van der Waals surface area contributed by atoms with E-state index < -0.39 is 107 Å². The Morgan fingerprint density at radius 3 is 2.07 bits per heavy atom. The Labute approximate surface area is 415 Å². The lowest BCUT2D eigenvalue weighted by Gasteiger charge is -2.30. The lowest BCUT2D eigenvalue weighted by Crippen LogP contribution is -2.46. The molecule has 1 saturated heterocycles. The number of nitrogen functional groups attached to an aromatic ring is 1. The van der Waals surface area contributed by atoms with Crippen LogP contribution in [0.3, 0.4) is 0 Å². The summed E-state index contributed by atoms with van der Waals surface area (Å²) < 4.78 is 62.5. The third-order valence-electron chi connectivity index (χ3n) is 11.5. The van der Waals surface area contributed by atoms with Gasteiger partial charge in [0.1, 0.15) is 36.3 Å². The van der Waals surface area contributed by atoms with E-state index in [0.29, 0.717) is 31.4 Å². The molecular formula is C40H70N7O20P3S. The number of carbonyl (C=O) groups is 4. The van der Waals surface area contributed by atoms with Gasteiger partial charge in [0, 0.05) is 36.1 Å². The number of rotatable bonds is 33. The number of anilines is 1. The molecule has 1 aliphatic rings. The second kappa shape index (κ2) is 27.0. The number of hydrogen-bond donors (Lipinski definition) is 11. The van der Waals surface area contributed by atoms with Crippen molar-refractivity contribution in [2.45, 2.75) is 149 Å². The second-order valence-electron chi connectivity index (χ2n) is 19.1. The monoisotopic (exact) mass is 1090 g/mol. The van der Waals surface area contributed by atoms with Crippen molar-refractivity contribution >= 4 is 75.1 Å².